The topological polar surface area (TPSA) is 106 Å². The monoisotopic (exact) mass is 261 g/mol. The van der Waals surface area contributed by atoms with E-state index in [0.717, 1.165) is 19.3 Å². The number of hydrogen-bond acceptors (Lipinski definition) is 5. The first-order valence-corrected chi connectivity index (χ1v) is 6.66. The highest BCUT2D eigenvalue weighted by atomic mass is 16.8. The summed E-state index contributed by atoms with van der Waals surface area (Å²) in [6.45, 7) is 2.90. The van der Waals surface area contributed by atoms with Crippen LogP contribution in [0.4, 0.5) is 0 Å². The Morgan fingerprint density at radius 2 is 2.05 bits per heavy atom. The zero-order chi connectivity index (χ0) is 13.7. The molecule has 6 heteroatoms. The van der Waals surface area contributed by atoms with Gasteiger partial charge in [-0.05, 0) is 6.42 Å². The second kappa shape index (κ2) is 3.69. The van der Waals surface area contributed by atoms with Gasteiger partial charge in [0.25, 0.3) is 5.84 Å². The summed E-state index contributed by atoms with van der Waals surface area (Å²) in [4.78, 5) is 2.92. The molecule has 3 atom stereocenters. The Labute approximate surface area is 111 Å². The molecule has 3 N–H and O–H groups in total. The number of nitrogens with one attached hydrogen (secondary N) is 1. The molecule has 0 aromatic rings. The molecule has 6 nitrogen and oxygen atoms in total. The highest BCUT2D eigenvalue weighted by Gasteiger charge is 2.96. The maximum absolute atomic E-state index is 9.71. The minimum atomic E-state index is -1.22. The SMILES string of the molecule is CCCC[C@@H]1[C@]2(C#N)C(N)=[NH+]C3(OCCO3)[C@]12C#N. The Kier molecular flexibility index (Phi) is 2.41. The molecule has 19 heavy (non-hydrogen) atoms. The summed E-state index contributed by atoms with van der Waals surface area (Å²) >= 11 is 0. The van der Waals surface area contributed by atoms with E-state index in [1.54, 1.807) is 0 Å². The smallest absolute Gasteiger partial charge is 0.311 e. The quantitative estimate of drug-likeness (QED) is 0.676. The highest BCUT2D eigenvalue weighted by Crippen LogP contribution is 2.76. The van der Waals surface area contributed by atoms with Crippen LogP contribution in [0.3, 0.4) is 0 Å². The second-order valence-electron chi connectivity index (χ2n) is 5.39. The van der Waals surface area contributed by atoms with E-state index in [2.05, 4.69) is 24.1 Å². The van der Waals surface area contributed by atoms with Crippen molar-refractivity contribution < 1.29 is 14.5 Å². The molecule has 2 heterocycles. The Bertz CT molecular complexity index is 526. The number of nitrogens with zero attached hydrogens (tertiary/aromatic N) is 2. The van der Waals surface area contributed by atoms with Crippen molar-refractivity contribution in [1.82, 2.24) is 0 Å². The number of rotatable bonds is 3. The predicted molar refractivity (Wildman–Crippen MR) is 63.9 cm³/mol. The van der Waals surface area contributed by atoms with Gasteiger partial charge in [-0.15, -0.1) is 0 Å². The minimum absolute atomic E-state index is 0.116. The summed E-state index contributed by atoms with van der Waals surface area (Å²) in [5, 5.41) is 19.3. The van der Waals surface area contributed by atoms with E-state index in [1.807, 2.05) is 0 Å². The van der Waals surface area contributed by atoms with Crippen LogP contribution in [0.2, 0.25) is 0 Å². The first-order valence-electron chi connectivity index (χ1n) is 6.66. The van der Waals surface area contributed by atoms with Gasteiger partial charge in [0.2, 0.25) is 0 Å². The third-order valence-corrected chi connectivity index (χ3v) is 4.72. The van der Waals surface area contributed by atoms with Crippen molar-refractivity contribution in [3.8, 4) is 12.1 Å². The molecule has 1 saturated carbocycles. The first-order chi connectivity index (χ1) is 9.15. The van der Waals surface area contributed by atoms with Crippen LogP contribution in [0, 0.1) is 39.4 Å². The van der Waals surface area contributed by atoms with Gasteiger partial charge in [-0.2, -0.15) is 10.5 Å². The fraction of sp³-hybridized carbons (Fsp3) is 0.769. The molecule has 100 valence electrons. The van der Waals surface area contributed by atoms with Crippen molar-refractivity contribution in [2.45, 2.75) is 32.1 Å². The van der Waals surface area contributed by atoms with Crippen LogP contribution in [0.25, 0.3) is 0 Å². The molecule has 0 aromatic carbocycles. The first kappa shape index (κ1) is 12.4. The van der Waals surface area contributed by atoms with Crippen LogP contribution < -0.4 is 10.7 Å². The number of amidine groups is 1. The minimum Gasteiger partial charge on any atom is -0.311 e. The van der Waals surface area contributed by atoms with Crippen LogP contribution in [0.1, 0.15) is 26.2 Å². The molecule has 1 saturated heterocycles. The lowest BCUT2D eigenvalue weighted by molar-refractivity contribution is -0.677. The highest BCUT2D eigenvalue weighted by molar-refractivity contribution is 5.93. The van der Waals surface area contributed by atoms with Crippen molar-refractivity contribution in [3.05, 3.63) is 0 Å². The molecule has 1 aliphatic carbocycles. The van der Waals surface area contributed by atoms with E-state index >= 15 is 0 Å². The van der Waals surface area contributed by atoms with Crippen LogP contribution in [-0.4, -0.2) is 25.0 Å². The third-order valence-electron chi connectivity index (χ3n) is 4.72. The van der Waals surface area contributed by atoms with Gasteiger partial charge in [-0.3, -0.25) is 5.73 Å². The van der Waals surface area contributed by atoms with E-state index in [4.69, 9.17) is 15.2 Å². The lowest BCUT2D eigenvalue weighted by Crippen LogP contribution is -2.90. The fourth-order valence-electron chi connectivity index (χ4n) is 3.83. The van der Waals surface area contributed by atoms with E-state index in [0.29, 0.717) is 19.0 Å². The molecule has 0 unspecified atom stereocenters. The molecule has 3 rings (SSSR count). The van der Waals surface area contributed by atoms with Crippen molar-refractivity contribution >= 4 is 5.84 Å². The Hall–Kier alpha value is -1.63. The molecule has 2 fully saturated rings. The van der Waals surface area contributed by atoms with Gasteiger partial charge in [-0.1, -0.05) is 19.8 Å². The zero-order valence-electron chi connectivity index (χ0n) is 10.9. The molecular weight excluding hydrogens is 244 g/mol. The standard InChI is InChI=1S/C13H16N4O2/c1-2-3-4-9-11(7-14)10(16)17-13(12(9,11)8-15)18-5-6-19-13/h9H,2-6H2,1H3,(H2,16,17)/p+1/t9-,11-,12-/m1/s1. The molecule has 0 aromatic heterocycles. The van der Waals surface area contributed by atoms with Gasteiger partial charge >= 0.3 is 5.91 Å². The van der Waals surface area contributed by atoms with E-state index in [9.17, 15) is 10.5 Å². The number of hydrogen-bond donors (Lipinski definition) is 2. The molecule has 2 aliphatic heterocycles. The van der Waals surface area contributed by atoms with Gasteiger partial charge < -0.3 is 9.47 Å². The van der Waals surface area contributed by atoms with Gasteiger partial charge in [0.15, 0.2) is 10.8 Å². The maximum atomic E-state index is 9.71. The van der Waals surface area contributed by atoms with E-state index in [-0.39, 0.29) is 5.92 Å². The van der Waals surface area contributed by atoms with Crippen molar-refractivity contribution in [2.75, 3.05) is 13.2 Å². The number of fused-ring (bicyclic) bond motifs is 2. The summed E-state index contributed by atoms with van der Waals surface area (Å²) < 4.78 is 11.3. The lowest BCUT2D eigenvalue weighted by atomic mass is 9.94. The van der Waals surface area contributed by atoms with Gasteiger partial charge in [-0.25, -0.2) is 4.99 Å². The van der Waals surface area contributed by atoms with Crippen LogP contribution in [-0.2, 0) is 9.47 Å². The Balaban J connectivity index is 2.06. The number of ether oxygens (including phenoxy) is 2. The van der Waals surface area contributed by atoms with Crippen molar-refractivity contribution in [2.24, 2.45) is 22.5 Å². The van der Waals surface area contributed by atoms with Crippen LogP contribution in [0.15, 0.2) is 0 Å². The summed E-state index contributed by atoms with van der Waals surface area (Å²) in [5.74, 6) is -1.02. The average Bonchev–Trinajstić information content (AvgIpc) is 2.67. The summed E-state index contributed by atoms with van der Waals surface area (Å²) in [6.07, 6.45) is 2.76. The Morgan fingerprint density at radius 1 is 1.37 bits per heavy atom. The average molecular weight is 261 g/mol. The Morgan fingerprint density at radius 3 is 2.58 bits per heavy atom. The van der Waals surface area contributed by atoms with E-state index < -0.39 is 16.7 Å². The molecule has 3 aliphatic rings. The third kappa shape index (κ3) is 1.06. The second-order valence-corrected chi connectivity index (χ2v) is 5.39. The molecule has 1 spiro atoms. The van der Waals surface area contributed by atoms with E-state index in [1.165, 1.54) is 0 Å². The van der Waals surface area contributed by atoms with Crippen LogP contribution >= 0.6 is 0 Å². The van der Waals surface area contributed by atoms with Gasteiger partial charge in [0, 0.05) is 5.92 Å². The fourth-order valence-corrected chi connectivity index (χ4v) is 3.83. The maximum Gasteiger partial charge on any atom is 0.343 e. The molecule has 0 radical (unpaired) electrons. The summed E-state index contributed by atoms with van der Waals surface area (Å²) in [6, 6.07) is 4.55. The van der Waals surface area contributed by atoms with Crippen molar-refractivity contribution in [1.29, 1.82) is 10.5 Å². The lowest BCUT2D eigenvalue weighted by Gasteiger charge is -2.23. The summed E-state index contributed by atoms with van der Waals surface area (Å²) in [7, 11) is 0. The zero-order valence-corrected chi connectivity index (χ0v) is 10.9. The normalized spacial score (nSPS) is 41.4. The number of nitrogens with two attached hydrogens (primary N) is 1. The number of unbranched alkanes of at least 4 members (excludes halogenated alkanes) is 1. The molecule has 0 bridgehead atoms. The molecule has 0 amide bonds. The van der Waals surface area contributed by atoms with Crippen molar-refractivity contribution in [3.63, 3.8) is 0 Å². The number of nitriles is 2. The van der Waals surface area contributed by atoms with Crippen LogP contribution in [0.5, 0.6) is 0 Å². The van der Waals surface area contributed by atoms with Gasteiger partial charge in [0.05, 0.1) is 25.4 Å². The predicted octanol–water partition coefficient (Wildman–Crippen LogP) is -1.02. The summed E-state index contributed by atoms with van der Waals surface area (Å²) in [5.41, 5.74) is 4.03. The molecular formula is C13H17N4O2+. The largest absolute Gasteiger partial charge is 0.343 e. The van der Waals surface area contributed by atoms with Gasteiger partial charge in [0.1, 0.15) is 0 Å².